The van der Waals surface area contributed by atoms with Gasteiger partial charge >= 0.3 is 0 Å². The molecule has 0 saturated carbocycles. The van der Waals surface area contributed by atoms with Gasteiger partial charge in [0.25, 0.3) is 0 Å². The molecule has 0 N–H and O–H groups in total. The number of hydrogen-bond donors (Lipinski definition) is 0. The molecule has 0 spiro atoms. The van der Waals surface area contributed by atoms with Crippen LogP contribution in [-0.2, 0) is 0 Å². The lowest BCUT2D eigenvalue weighted by Gasteiger charge is -2.06. The molecule has 1 rings (SSSR count). The quantitative estimate of drug-likeness (QED) is 0.346. The van der Waals surface area contributed by atoms with Gasteiger partial charge in [-0.05, 0) is 12.8 Å². The monoisotopic (exact) mass is 260 g/mol. The van der Waals surface area contributed by atoms with Crippen LogP contribution >= 0.6 is 21.6 Å². The van der Waals surface area contributed by atoms with Crippen LogP contribution in [0.25, 0.3) is 0 Å². The molecule has 1 unspecified atom stereocenters. The molecule has 1 aliphatic heterocycles. The van der Waals surface area contributed by atoms with Gasteiger partial charge in [0.2, 0.25) is 0 Å². The van der Waals surface area contributed by atoms with Crippen molar-refractivity contribution < 1.29 is 0 Å². The zero-order chi connectivity index (χ0) is 11.5. The predicted octanol–water partition coefficient (Wildman–Crippen LogP) is 6.06. The maximum atomic E-state index is 2.29. The summed E-state index contributed by atoms with van der Waals surface area (Å²) in [6, 6.07) is 0. The van der Waals surface area contributed by atoms with Crippen molar-refractivity contribution in [1.82, 2.24) is 0 Å². The number of unbranched alkanes of at least 4 members (excludes halogenated alkanes) is 8. The van der Waals surface area contributed by atoms with Gasteiger partial charge in [0.15, 0.2) is 0 Å². The van der Waals surface area contributed by atoms with Gasteiger partial charge in [-0.1, -0.05) is 86.3 Å². The van der Waals surface area contributed by atoms with E-state index in [1.807, 2.05) is 0 Å². The average Bonchev–Trinajstić information content (AvgIpc) is 2.80. The van der Waals surface area contributed by atoms with Crippen LogP contribution in [0.5, 0.6) is 0 Å². The third kappa shape index (κ3) is 7.89. The van der Waals surface area contributed by atoms with Gasteiger partial charge in [0.1, 0.15) is 0 Å². The lowest BCUT2D eigenvalue weighted by molar-refractivity contribution is 0.552. The SMILES string of the molecule is CCCCCCCCCCCC1CCSS1. The van der Waals surface area contributed by atoms with Gasteiger partial charge in [0, 0.05) is 11.0 Å². The van der Waals surface area contributed by atoms with Crippen LogP contribution in [0.1, 0.15) is 77.6 Å². The highest BCUT2D eigenvalue weighted by molar-refractivity contribution is 8.77. The summed E-state index contributed by atoms with van der Waals surface area (Å²) in [6.07, 6.45) is 16.1. The Kier molecular flexibility index (Phi) is 9.99. The molecule has 1 atom stereocenters. The molecule has 1 aliphatic rings. The first-order valence-electron chi connectivity index (χ1n) is 7.21. The van der Waals surface area contributed by atoms with Gasteiger partial charge in [-0.25, -0.2) is 0 Å². The second-order valence-electron chi connectivity index (χ2n) is 4.95. The van der Waals surface area contributed by atoms with Crippen molar-refractivity contribution in [3.63, 3.8) is 0 Å². The van der Waals surface area contributed by atoms with Gasteiger partial charge in [-0.3, -0.25) is 0 Å². The summed E-state index contributed by atoms with van der Waals surface area (Å²) in [5.41, 5.74) is 0. The first-order valence-corrected chi connectivity index (χ1v) is 9.60. The first-order chi connectivity index (χ1) is 7.93. The second-order valence-corrected chi connectivity index (χ2v) is 7.73. The molecule has 1 saturated heterocycles. The van der Waals surface area contributed by atoms with Crippen molar-refractivity contribution in [3.8, 4) is 0 Å². The third-order valence-corrected chi connectivity index (χ3v) is 6.36. The Hall–Kier alpha value is 0.700. The minimum absolute atomic E-state index is 0.995. The number of hydrogen-bond acceptors (Lipinski definition) is 2. The summed E-state index contributed by atoms with van der Waals surface area (Å²) >= 11 is 0. The van der Waals surface area contributed by atoms with E-state index in [1.165, 1.54) is 76.4 Å². The summed E-state index contributed by atoms with van der Waals surface area (Å²) in [5, 5.41) is 0.995. The van der Waals surface area contributed by atoms with Crippen LogP contribution in [0.2, 0.25) is 0 Å². The third-order valence-electron chi connectivity index (χ3n) is 3.36. The molecule has 16 heavy (non-hydrogen) atoms. The van der Waals surface area contributed by atoms with Gasteiger partial charge in [0.05, 0.1) is 0 Å². The highest BCUT2D eigenvalue weighted by atomic mass is 33.1. The fourth-order valence-electron chi connectivity index (χ4n) is 2.25. The highest BCUT2D eigenvalue weighted by Gasteiger charge is 2.15. The van der Waals surface area contributed by atoms with Crippen LogP contribution in [0.3, 0.4) is 0 Å². The summed E-state index contributed by atoms with van der Waals surface area (Å²) in [6.45, 7) is 2.29. The smallest absolute Gasteiger partial charge is 0.0159 e. The van der Waals surface area contributed by atoms with E-state index in [0.29, 0.717) is 0 Å². The van der Waals surface area contributed by atoms with E-state index in [0.717, 1.165) is 5.25 Å². The molecule has 1 fully saturated rings. The topological polar surface area (TPSA) is 0 Å². The maximum Gasteiger partial charge on any atom is 0.0159 e. The van der Waals surface area contributed by atoms with Crippen LogP contribution in [-0.4, -0.2) is 11.0 Å². The molecular formula is C14H28S2. The summed E-state index contributed by atoms with van der Waals surface area (Å²) < 4.78 is 0. The summed E-state index contributed by atoms with van der Waals surface area (Å²) in [4.78, 5) is 0. The Balaban J connectivity index is 1.71. The van der Waals surface area contributed by atoms with E-state index >= 15 is 0 Å². The van der Waals surface area contributed by atoms with E-state index in [4.69, 9.17) is 0 Å². The van der Waals surface area contributed by atoms with Crippen LogP contribution < -0.4 is 0 Å². The largest absolute Gasteiger partial charge is 0.0938 e. The molecule has 0 aromatic carbocycles. The standard InChI is InChI=1S/C14H28S2/c1-2-3-4-5-6-7-8-9-10-11-14-12-13-15-16-14/h14H,2-13H2,1H3. The lowest BCUT2D eigenvalue weighted by atomic mass is 10.1. The molecule has 2 heteroatoms. The van der Waals surface area contributed by atoms with Gasteiger partial charge in [-0.15, -0.1) is 0 Å². The van der Waals surface area contributed by atoms with Crippen LogP contribution in [0.4, 0.5) is 0 Å². The number of rotatable bonds is 10. The fraction of sp³-hybridized carbons (Fsp3) is 1.00. The van der Waals surface area contributed by atoms with E-state index in [2.05, 4.69) is 28.5 Å². The molecular weight excluding hydrogens is 232 g/mol. The Morgan fingerprint density at radius 2 is 1.50 bits per heavy atom. The van der Waals surface area contributed by atoms with Gasteiger partial charge in [-0.2, -0.15) is 0 Å². The van der Waals surface area contributed by atoms with E-state index in [9.17, 15) is 0 Å². The van der Waals surface area contributed by atoms with E-state index in [-0.39, 0.29) is 0 Å². The van der Waals surface area contributed by atoms with Crippen molar-refractivity contribution >= 4 is 21.6 Å². The minimum Gasteiger partial charge on any atom is -0.0938 e. The predicted molar refractivity (Wildman–Crippen MR) is 80.3 cm³/mol. The first kappa shape index (κ1) is 14.8. The Morgan fingerprint density at radius 1 is 0.875 bits per heavy atom. The molecule has 0 aliphatic carbocycles. The molecule has 1 heterocycles. The Labute approximate surface area is 110 Å². The van der Waals surface area contributed by atoms with Crippen LogP contribution in [0.15, 0.2) is 0 Å². The van der Waals surface area contributed by atoms with Crippen molar-refractivity contribution in [2.75, 3.05) is 5.75 Å². The average molecular weight is 261 g/mol. The zero-order valence-electron chi connectivity index (χ0n) is 10.9. The molecule has 0 amide bonds. The van der Waals surface area contributed by atoms with E-state index < -0.39 is 0 Å². The molecule has 0 aromatic rings. The van der Waals surface area contributed by atoms with Crippen LogP contribution in [0, 0.1) is 0 Å². The lowest BCUT2D eigenvalue weighted by Crippen LogP contribution is -1.96. The zero-order valence-corrected chi connectivity index (χ0v) is 12.5. The summed E-state index contributed by atoms with van der Waals surface area (Å²) in [7, 11) is 4.21. The normalized spacial score (nSPS) is 20.4. The van der Waals surface area contributed by atoms with E-state index in [1.54, 1.807) is 0 Å². The van der Waals surface area contributed by atoms with Crippen molar-refractivity contribution in [2.45, 2.75) is 82.8 Å². The Morgan fingerprint density at radius 3 is 2.06 bits per heavy atom. The fourth-order valence-corrected chi connectivity index (χ4v) is 5.27. The molecule has 96 valence electrons. The summed E-state index contributed by atoms with van der Waals surface area (Å²) in [5.74, 6) is 1.40. The highest BCUT2D eigenvalue weighted by Crippen LogP contribution is 2.39. The van der Waals surface area contributed by atoms with Gasteiger partial charge < -0.3 is 0 Å². The molecule has 0 aromatic heterocycles. The maximum absolute atomic E-state index is 2.29. The molecule has 0 radical (unpaired) electrons. The minimum atomic E-state index is 0.995. The molecule has 0 bridgehead atoms. The van der Waals surface area contributed by atoms with Crippen molar-refractivity contribution in [3.05, 3.63) is 0 Å². The Bertz CT molecular complexity index is 142. The van der Waals surface area contributed by atoms with Crippen molar-refractivity contribution in [1.29, 1.82) is 0 Å². The van der Waals surface area contributed by atoms with Crippen molar-refractivity contribution in [2.24, 2.45) is 0 Å². The molecule has 0 nitrogen and oxygen atoms in total. The second kappa shape index (κ2) is 10.8.